The summed E-state index contributed by atoms with van der Waals surface area (Å²) in [6.45, 7) is 1.73. The Morgan fingerprint density at radius 2 is 2.05 bits per heavy atom. The first-order chi connectivity index (χ1) is 10.5. The Balaban J connectivity index is 1.98. The van der Waals surface area contributed by atoms with Gasteiger partial charge in [-0.25, -0.2) is 9.37 Å². The minimum absolute atomic E-state index is 0.0561. The van der Waals surface area contributed by atoms with E-state index in [1.165, 1.54) is 18.2 Å². The van der Waals surface area contributed by atoms with Crippen molar-refractivity contribution in [3.8, 4) is 0 Å². The van der Waals surface area contributed by atoms with E-state index in [1.54, 1.807) is 29.7 Å². The summed E-state index contributed by atoms with van der Waals surface area (Å²) in [5.41, 5.74) is 1.92. The van der Waals surface area contributed by atoms with Gasteiger partial charge in [-0.05, 0) is 31.2 Å². The number of imidazole rings is 1. The van der Waals surface area contributed by atoms with Crippen LogP contribution >= 0.6 is 23.2 Å². The topological polar surface area (TPSA) is 46.4 Å². The van der Waals surface area contributed by atoms with Crippen LogP contribution in [0.15, 0.2) is 36.5 Å². The molecule has 3 rings (SSSR count). The third-order valence-electron chi connectivity index (χ3n) is 3.16. The summed E-state index contributed by atoms with van der Waals surface area (Å²) in [6, 6.07) is 7.32. The van der Waals surface area contributed by atoms with Crippen molar-refractivity contribution in [1.82, 2.24) is 9.38 Å². The molecule has 112 valence electrons. The molecule has 1 N–H and O–H groups in total. The van der Waals surface area contributed by atoms with Gasteiger partial charge in [-0.2, -0.15) is 0 Å². The maximum Gasteiger partial charge on any atom is 0.274 e. The lowest BCUT2D eigenvalue weighted by Crippen LogP contribution is -2.15. The zero-order valence-corrected chi connectivity index (χ0v) is 12.9. The minimum Gasteiger partial charge on any atom is -0.321 e. The number of fused-ring (bicyclic) bond motifs is 1. The molecule has 2 heterocycles. The number of pyridine rings is 1. The Hall–Kier alpha value is -2.11. The number of nitrogens with zero attached hydrogens (tertiary/aromatic N) is 2. The summed E-state index contributed by atoms with van der Waals surface area (Å²) in [5.74, 6) is -0.907. The van der Waals surface area contributed by atoms with E-state index in [9.17, 15) is 9.18 Å². The first kappa shape index (κ1) is 14.8. The summed E-state index contributed by atoms with van der Waals surface area (Å²) in [6.07, 6.45) is 1.67. The largest absolute Gasteiger partial charge is 0.321 e. The normalized spacial score (nSPS) is 10.9. The Bertz CT molecular complexity index is 892. The standard InChI is InChI=1S/C15H10Cl2FN3O/c1-8-14(21-5-4-9(16)6-13(21)19-8)15(22)20-10-2-3-12(18)11(17)7-10/h2-7H,1H3,(H,20,22). The van der Waals surface area contributed by atoms with Gasteiger partial charge in [0, 0.05) is 23.0 Å². The van der Waals surface area contributed by atoms with Crippen LogP contribution in [0.5, 0.6) is 0 Å². The second-order valence-electron chi connectivity index (χ2n) is 4.70. The fraction of sp³-hybridized carbons (Fsp3) is 0.0667. The predicted octanol–water partition coefficient (Wildman–Crippen LogP) is 4.34. The van der Waals surface area contributed by atoms with Crippen LogP contribution in [0.1, 0.15) is 16.2 Å². The number of halogens is 3. The number of hydrogen-bond acceptors (Lipinski definition) is 2. The third kappa shape index (κ3) is 2.65. The fourth-order valence-electron chi connectivity index (χ4n) is 2.18. The number of hydrogen-bond donors (Lipinski definition) is 1. The Labute approximate surface area is 135 Å². The molecule has 0 radical (unpaired) electrons. The number of rotatable bonds is 2. The second-order valence-corrected chi connectivity index (χ2v) is 5.55. The Morgan fingerprint density at radius 3 is 2.77 bits per heavy atom. The van der Waals surface area contributed by atoms with E-state index >= 15 is 0 Å². The van der Waals surface area contributed by atoms with Crippen molar-refractivity contribution in [2.45, 2.75) is 6.92 Å². The number of amides is 1. The van der Waals surface area contributed by atoms with Gasteiger partial charge < -0.3 is 5.32 Å². The fourth-order valence-corrected chi connectivity index (χ4v) is 2.51. The number of aromatic nitrogens is 2. The van der Waals surface area contributed by atoms with Crippen molar-refractivity contribution in [3.63, 3.8) is 0 Å². The summed E-state index contributed by atoms with van der Waals surface area (Å²) in [4.78, 5) is 16.7. The molecule has 0 aliphatic rings. The van der Waals surface area contributed by atoms with E-state index < -0.39 is 5.82 Å². The molecular formula is C15H10Cl2FN3O. The zero-order chi connectivity index (χ0) is 15.9. The molecule has 0 bridgehead atoms. The van der Waals surface area contributed by atoms with Crippen LogP contribution < -0.4 is 5.32 Å². The van der Waals surface area contributed by atoms with Gasteiger partial charge in [0.1, 0.15) is 17.2 Å². The SMILES string of the molecule is Cc1nc2cc(Cl)ccn2c1C(=O)Nc1ccc(F)c(Cl)c1. The van der Waals surface area contributed by atoms with E-state index in [1.807, 2.05) is 0 Å². The van der Waals surface area contributed by atoms with Crippen LogP contribution in [0.2, 0.25) is 10.0 Å². The first-order valence-corrected chi connectivity index (χ1v) is 7.12. The number of aryl methyl sites for hydroxylation is 1. The van der Waals surface area contributed by atoms with Gasteiger partial charge in [0.05, 0.1) is 10.7 Å². The van der Waals surface area contributed by atoms with E-state index in [0.29, 0.717) is 27.7 Å². The number of nitrogens with one attached hydrogen (secondary N) is 1. The van der Waals surface area contributed by atoms with Crippen molar-refractivity contribution in [2.24, 2.45) is 0 Å². The molecule has 0 unspecified atom stereocenters. The molecule has 0 atom stereocenters. The number of carbonyl (C=O) groups is 1. The molecule has 0 saturated carbocycles. The van der Waals surface area contributed by atoms with Gasteiger partial charge in [-0.1, -0.05) is 23.2 Å². The van der Waals surface area contributed by atoms with Crippen LogP contribution in [-0.2, 0) is 0 Å². The van der Waals surface area contributed by atoms with Crippen molar-refractivity contribution in [3.05, 3.63) is 63.8 Å². The highest BCUT2D eigenvalue weighted by molar-refractivity contribution is 6.31. The molecule has 0 fully saturated rings. The monoisotopic (exact) mass is 337 g/mol. The summed E-state index contributed by atoms with van der Waals surface area (Å²) in [7, 11) is 0. The lowest BCUT2D eigenvalue weighted by Gasteiger charge is -2.07. The number of anilines is 1. The number of carbonyl (C=O) groups excluding carboxylic acids is 1. The van der Waals surface area contributed by atoms with Crippen LogP contribution in [-0.4, -0.2) is 15.3 Å². The molecule has 0 spiro atoms. The van der Waals surface area contributed by atoms with Crippen molar-refractivity contribution in [2.75, 3.05) is 5.32 Å². The van der Waals surface area contributed by atoms with E-state index in [-0.39, 0.29) is 10.9 Å². The van der Waals surface area contributed by atoms with E-state index in [4.69, 9.17) is 23.2 Å². The van der Waals surface area contributed by atoms with Crippen LogP contribution in [0.3, 0.4) is 0 Å². The van der Waals surface area contributed by atoms with Gasteiger partial charge in [0.25, 0.3) is 5.91 Å². The number of benzene rings is 1. The molecule has 22 heavy (non-hydrogen) atoms. The molecule has 3 aromatic rings. The third-order valence-corrected chi connectivity index (χ3v) is 3.68. The lowest BCUT2D eigenvalue weighted by molar-refractivity contribution is 0.102. The summed E-state index contributed by atoms with van der Waals surface area (Å²) < 4.78 is 14.8. The van der Waals surface area contributed by atoms with Crippen molar-refractivity contribution in [1.29, 1.82) is 0 Å². The smallest absolute Gasteiger partial charge is 0.274 e. The quantitative estimate of drug-likeness (QED) is 0.755. The van der Waals surface area contributed by atoms with E-state index in [0.717, 1.165) is 0 Å². The molecule has 4 nitrogen and oxygen atoms in total. The highest BCUT2D eigenvalue weighted by Crippen LogP contribution is 2.21. The van der Waals surface area contributed by atoms with Crippen LogP contribution in [0, 0.1) is 12.7 Å². The highest BCUT2D eigenvalue weighted by atomic mass is 35.5. The summed E-state index contributed by atoms with van der Waals surface area (Å²) in [5, 5.41) is 3.16. The average molecular weight is 338 g/mol. The van der Waals surface area contributed by atoms with Gasteiger partial charge in [0.2, 0.25) is 0 Å². The minimum atomic E-state index is -0.541. The molecule has 0 saturated heterocycles. The second kappa shape index (κ2) is 5.59. The Morgan fingerprint density at radius 1 is 1.27 bits per heavy atom. The first-order valence-electron chi connectivity index (χ1n) is 6.36. The average Bonchev–Trinajstić information content (AvgIpc) is 2.78. The van der Waals surface area contributed by atoms with Crippen molar-refractivity contribution < 1.29 is 9.18 Å². The molecule has 2 aromatic heterocycles. The Kier molecular flexibility index (Phi) is 3.76. The van der Waals surface area contributed by atoms with Gasteiger partial charge in [0.15, 0.2) is 0 Å². The van der Waals surface area contributed by atoms with Gasteiger partial charge in [-0.3, -0.25) is 9.20 Å². The maximum atomic E-state index is 13.1. The lowest BCUT2D eigenvalue weighted by atomic mass is 10.2. The van der Waals surface area contributed by atoms with Gasteiger partial charge >= 0.3 is 0 Å². The maximum absolute atomic E-state index is 13.1. The molecule has 0 aliphatic heterocycles. The molecule has 0 aliphatic carbocycles. The molecular weight excluding hydrogens is 328 g/mol. The van der Waals surface area contributed by atoms with E-state index in [2.05, 4.69) is 10.3 Å². The zero-order valence-electron chi connectivity index (χ0n) is 11.4. The summed E-state index contributed by atoms with van der Waals surface area (Å²) >= 11 is 11.6. The van der Waals surface area contributed by atoms with Gasteiger partial charge in [-0.15, -0.1) is 0 Å². The van der Waals surface area contributed by atoms with Crippen molar-refractivity contribution >= 4 is 40.4 Å². The van der Waals surface area contributed by atoms with Crippen LogP contribution in [0.4, 0.5) is 10.1 Å². The molecule has 1 amide bonds. The van der Waals surface area contributed by atoms with Crippen LogP contribution in [0.25, 0.3) is 5.65 Å². The molecule has 1 aromatic carbocycles. The highest BCUT2D eigenvalue weighted by Gasteiger charge is 2.17. The predicted molar refractivity (Wildman–Crippen MR) is 84.3 cm³/mol. The molecule has 7 heteroatoms.